The smallest absolute Gasteiger partial charge is 0.331 e. The molecule has 3 atom stereocenters. The number of cyclic esters (lactones) is 2. The van der Waals surface area contributed by atoms with Crippen molar-refractivity contribution in [2.45, 2.75) is 45.4 Å². The standard InChI is InChI=1S/C16H19NO7/c1-9-8-14(20)17-10(2)12(18)4-6-16(22)24-11(3)13(19)5-7-15(21)23-9/h4-7,9-11H,8H2,1-3H3,(H,17,20)/b6-4+,7-5+/t9?,10-,11-/m0/s1. The number of hydrogen-bond donors (Lipinski definition) is 1. The Hall–Kier alpha value is -2.77. The molecule has 1 unspecified atom stereocenters. The summed E-state index contributed by atoms with van der Waals surface area (Å²) < 4.78 is 9.75. The molecule has 1 amide bonds. The van der Waals surface area contributed by atoms with Crippen molar-refractivity contribution in [1.82, 2.24) is 5.32 Å². The summed E-state index contributed by atoms with van der Waals surface area (Å²) >= 11 is 0. The van der Waals surface area contributed by atoms with Crippen molar-refractivity contribution in [3.05, 3.63) is 24.3 Å². The number of carbonyl (C=O) groups is 5. The second-order valence-electron chi connectivity index (χ2n) is 5.29. The molecule has 0 saturated carbocycles. The number of esters is 2. The Bertz CT molecular complexity index is 606. The fraction of sp³-hybridized carbons (Fsp3) is 0.438. The third kappa shape index (κ3) is 6.55. The van der Waals surface area contributed by atoms with E-state index in [0.29, 0.717) is 0 Å². The molecule has 0 saturated heterocycles. The van der Waals surface area contributed by atoms with Gasteiger partial charge in [0.1, 0.15) is 6.10 Å². The van der Waals surface area contributed by atoms with Crippen LogP contribution in [0.1, 0.15) is 27.2 Å². The molecule has 0 aromatic heterocycles. The van der Waals surface area contributed by atoms with Crippen LogP contribution in [0.15, 0.2) is 24.3 Å². The summed E-state index contributed by atoms with van der Waals surface area (Å²) in [6.45, 7) is 4.29. The molecule has 0 aromatic carbocycles. The number of rotatable bonds is 0. The van der Waals surface area contributed by atoms with Gasteiger partial charge < -0.3 is 14.8 Å². The topological polar surface area (TPSA) is 116 Å². The van der Waals surface area contributed by atoms with Crippen LogP contribution in [0.2, 0.25) is 0 Å². The third-order valence-electron chi connectivity index (χ3n) is 3.06. The summed E-state index contributed by atoms with van der Waals surface area (Å²) in [5.74, 6) is -3.33. The highest BCUT2D eigenvalue weighted by molar-refractivity contribution is 6.02. The molecule has 1 aliphatic rings. The maximum absolute atomic E-state index is 11.8. The zero-order valence-electron chi connectivity index (χ0n) is 13.6. The summed E-state index contributed by atoms with van der Waals surface area (Å²) in [5.41, 5.74) is 0. The Morgan fingerprint density at radius 2 is 1.38 bits per heavy atom. The predicted octanol–water partition coefficient (Wildman–Crippen LogP) is 0.00880. The van der Waals surface area contributed by atoms with Crippen LogP contribution in [0.3, 0.4) is 0 Å². The van der Waals surface area contributed by atoms with Gasteiger partial charge >= 0.3 is 11.9 Å². The van der Waals surface area contributed by atoms with E-state index in [0.717, 1.165) is 24.3 Å². The number of ketones is 2. The van der Waals surface area contributed by atoms with Crippen LogP contribution < -0.4 is 5.32 Å². The van der Waals surface area contributed by atoms with Crippen molar-refractivity contribution in [1.29, 1.82) is 0 Å². The molecule has 0 bridgehead atoms. The van der Waals surface area contributed by atoms with Gasteiger partial charge in [-0.15, -0.1) is 0 Å². The normalized spacial score (nSPS) is 30.1. The van der Waals surface area contributed by atoms with Crippen LogP contribution >= 0.6 is 0 Å². The molecular formula is C16H19NO7. The van der Waals surface area contributed by atoms with Gasteiger partial charge in [0.2, 0.25) is 5.91 Å². The molecular weight excluding hydrogens is 318 g/mol. The summed E-state index contributed by atoms with van der Waals surface area (Å²) in [6.07, 6.45) is 1.66. The number of carbonyl (C=O) groups excluding carboxylic acids is 5. The molecule has 0 aliphatic carbocycles. The second-order valence-corrected chi connectivity index (χ2v) is 5.29. The van der Waals surface area contributed by atoms with E-state index in [1.807, 2.05) is 0 Å². The molecule has 24 heavy (non-hydrogen) atoms. The Morgan fingerprint density at radius 3 is 2.00 bits per heavy atom. The second kappa shape index (κ2) is 8.76. The first-order valence-electron chi connectivity index (χ1n) is 7.33. The summed E-state index contributed by atoms with van der Waals surface area (Å²) in [5, 5.41) is 2.43. The largest absolute Gasteiger partial charge is 0.459 e. The molecule has 8 nitrogen and oxygen atoms in total. The minimum absolute atomic E-state index is 0.146. The molecule has 0 spiro atoms. The van der Waals surface area contributed by atoms with Crippen LogP contribution in [-0.2, 0) is 33.4 Å². The maximum atomic E-state index is 11.8. The van der Waals surface area contributed by atoms with E-state index in [2.05, 4.69) is 5.32 Å². The van der Waals surface area contributed by atoms with Crippen LogP contribution in [0.4, 0.5) is 0 Å². The first-order chi connectivity index (χ1) is 11.2. The summed E-state index contributed by atoms with van der Waals surface area (Å²) in [7, 11) is 0. The Kier molecular flexibility index (Phi) is 7.03. The number of amides is 1. The van der Waals surface area contributed by atoms with Gasteiger partial charge in [0.15, 0.2) is 17.7 Å². The minimum Gasteiger partial charge on any atom is -0.459 e. The molecule has 1 heterocycles. The molecule has 130 valence electrons. The van der Waals surface area contributed by atoms with Crippen LogP contribution in [0.5, 0.6) is 0 Å². The SMILES string of the molecule is CC1CC(=O)N[C@@H](C)C(=O)/C=C/C(=O)O[C@@H](C)C(=O)/C=C/C(=O)O1. The van der Waals surface area contributed by atoms with Crippen LogP contribution in [0, 0.1) is 0 Å². The fourth-order valence-electron chi connectivity index (χ4n) is 1.76. The van der Waals surface area contributed by atoms with Gasteiger partial charge in [-0.2, -0.15) is 0 Å². The lowest BCUT2D eigenvalue weighted by atomic mass is 10.1. The van der Waals surface area contributed by atoms with E-state index in [1.165, 1.54) is 20.8 Å². The zero-order chi connectivity index (χ0) is 18.3. The highest BCUT2D eigenvalue weighted by Crippen LogP contribution is 2.02. The van der Waals surface area contributed by atoms with E-state index >= 15 is 0 Å². The molecule has 1 N–H and O–H groups in total. The minimum atomic E-state index is -1.12. The van der Waals surface area contributed by atoms with Crippen molar-refractivity contribution >= 4 is 29.4 Å². The van der Waals surface area contributed by atoms with E-state index in [9.17, 15) is 24.0 Å². The van der Waals surface area contributed by atoms with Crippen molar-refractivity contribution in [3.8, 4) is 0 Å². The first-order valence-corrected chi connectivity index (χ1v) is 7.33. The van der Waals surface area contributed by atoms with Crippen LogP contribution in [-0.4, -0.2) is 47.7 Å². The van der Waals surface area contributed by atoms with Gasteiger partial charge in [-0.25, -0.2) is 9.59 Å². The van der Waals surface area contributed by atoms with Crippen molar-refractivity contribution in [3.63, 3.8) is 0 Å². The van der Waals surface area contributed by atoms with Crippen molar-refractivity contribution < 1.29 is 33.4 Å². The van der Waals surface area contributed by atoms with E-state index in [-0.39, 0.29) is 6.42 Å². The predicted molar refractivity (Wildman–Crippen MR) is 81.6 cm³/mol. The van der Waals surface area contributed by atoms with Gasteiger partial charge in [-0.05, 0) is 32.9 Å². The Labute approximate surface area is 138 Å². The van der Waals surface area contributed by atoms with Gasteiger partial charge in [-0.1, -0.05) is 0 Å². The Balaban J connectivity index is 2.95. The van der Waals surface area contributed by atoms with Gasteiger partial charge in [0.25, 0.3) is 0 Å². The highest BCUT2D eigenvalue weighted by Gasteiger charge is 2.19. The third-order valence-corrected chi connectivity index (χ3v) is 3.06. The number of nitrogens with one attached hydrogen (secondary N) is 1. The van der Waals surface area contributed by atoms with E-state index in [4.69, 9.17) is 9.47 Å². The summed E-state index contributed by atoms with van der Waals surface area (Å²) in [4.78, 5) is 58.4. The Morgan fingerprint density at radius 1 is 0.833 bits per heavy atom. The quantitative estimate of drug-likeness (QED) is 0.619. The van der Waals surface area contributed by atoms with E-state index in [1.54, 1.807) is 0 Å². The molecule has 0 fully saturated rings. The molecule has 0 aromatic rings. The van der Waals surface area contributed by atoms with Gasteiger partial charge in [0, 0.05) is 12.2 Å². The molecule has 1 aliphatic heterocycles. The number of ether oxygens (including phenoxy) is 2. The average molecular weight is 337 g/mol. The van der Waals surface area contributed by atoms with Crippen molar-refractivity contribution in [2.75, 3.05) is 0 Å². The summed E-state index contributed by atoms with van der Waals surface area (Å²) in [6, 6.07) is -0.865. The highest BCUT2D eigenvalue weighted by atomic mass is 16.5. The maximum Gasteiger partial charge on any atom is 0.331 e. The monoisotopic (exact) mass is 337 g/mol. The molecule has 0 radical (unpaired) electrons. The lowest BCUT2D eigenvalue weighted by Gasteiger charge is -2.15. The first kappa shape index (κ1) is 19.3. The van der Waals surface area contributed by atoms with E-state index < -0.39 is 47.7 Å². The zero-order valence-corrected chi connectivity index (χ0v) is 13.6. The van der Waals surface area contributed by atoms with Crippen LogP contribution in [0.25, 0.3) is 0 Å². The van der Waals surface area contributed by atoms with Gasteiger partial charge in [-0.3, -0.25) is 14.4 Å². The number of hydrogen-bond acceptors (Lipinski definition) is 7. The van der Waals surface area contributed by atoms with Gasteiger partial charge in [0.05, 0.1) is 12.5 Å². The lowest BCUT2D eigenvalue weighted by Crippen LogP contribution is -2.39. The molecule has 1 rings (SSSR count). The fourth-order valence-corrected chi connectivity index (χ4v) is 1.76. The van der Waals surface area contributed by atoms with Crippen molar-refractivity contribution in [2.24, 2.45) is 0 Å². The lowest BCUT2D eigenvalue weighted by molar-refractivity contribution is -0.147. The average Bonchev–Trinajstić information content (AvgIpc) is 2.48. The molecule has 8 heteroatoms.